The molecule has 0 heterocycles. The summed E-state index contributed by atoms with van der Waals surface area (Å²) in [5.74, 6) is 0.278. The van der Waals surface area contributed by atoms with Gasteiger partial charge in [-0.05, 0) is 30.7 Å². The van der Waals surface area contributed by atoms with Crippen molar-refractivity contribution in [3.05, 3.63) is 72.8 Å². The minimum absolute atomic E-state index is 0.639. The SMILES string of the molecule is Nc1cccc(OC2(Oc3cccc(N)c3)C=CCC=C2)c1. The summed E-state index contributed by atoms with van der Waals surface area (Å²) in [5.41, 5.74) is 12.9. The normalized spacial score (nSPS) is 15.5. The van der Waals surface area contributed by atoms with E-state index in [1.54, 1.807) is 12.1 Å². The van der Waals surface area contributed by atoms with Crippen LogP contribution in [-0.4, -0.2) is 5.79 Å². The first-order chi connectivity index (χ1) is 10.7. The molecule has 0 bridgehead atoms. The average molecular weight is 294 g/mol. The van der Waals surface area contributed by atoms with E-state index in [4.69, 9.17) is 20.9 Å². The molecule has 3 rings (SSSR count). The van der Waals surface area contributed by atoms with Crippen LogP contribution in [0.1, 0.15) is 6.42 Å². The van der Waals surface area contributed by atoms with Crippen molar-refractivity contribution in [3.63, 3.8) is 0 Å². The topological polar surface area (TPSA) is 70.5 Å². The highest BCUT2D eigenvalue weighted by Crippen LogP contribution is 2.29. The molecular weight excluding hydrogens is 276 g/mol. The predicted octanol–water partition coefficient (Wildman–Crippen LogP) is 3.52. The van der Waals surface area contributed by atoms with E-state index in [0.717, 1.165) is 6.42 Å². The molecule has 0 spiro atoms. The Balaban J connectivity index is 1.90. The van der Waals surface area contributed by atoms with Gasteiger partial charge in [-0.1, -0.05) is 24.3 Å². The smallest absolute Gasteiger partial charge is 0.291 e. The van der Waals surface area contributed by atoms with E-state index in [2.05, 4.69) is 0 Å². The zero-order valence-electron chi connectivity index (χ0n) is 12.1. The van der Waals surface area contributed by atoms with Gasteiger partial charge in [0, 0.05) is 35.7 Å². The quantitative estimate of drug-likeness (QED) is 0.514. The molecule has 4 heteroatoms. The maximum Gasteiger partial charge on any atom is 0.291 e. The van der Waals surface area contributed by atoms with Gasteiger partial charge in [0.1, 0.15) is 11.5 Å². The van der Waals surface area contributed by atoms with E-state index in [-0.39, 0.29) is 0 Å². The van der Waals surface area contributed by atoms with Crippen LogP contribution in [0.4, 0.5) is 11.4 Å². The van der Waals surface area contributed by atoms with Crippen molar-refractivity contribution in [2.75, 3.05) is 11.5 Å². The lowest BCUT2D eigenvalue weighted by Gasteiger charge is -2.31. The first-order valence-corrected chi connectivity index (χ1v) is 7.10. The van der Waals surface area contributed by atoms with Gasteiger partial charge in [0.15, 0.2) is 0 Å². The molecule has 2 aromatic carbocycles. The van der Waals surface area contributed by atoms with Gasteiger partial charge in [0.2, 0.25) is 0 Å². The molecule has 0 saturated heterocycles. The lowest BCUT2D eigenvalue weighted by atomic mass is 10.1. The van der Waals surface area contributed by atoms with Gasteiger partial charge in [-0.3, -0.25) is 0 Å². The Kier molecular flexibility index (Phi) is 3.74. The molecule has 112 valence electrons. The van der Waals surface area contributed by atoms with E-state index < -0.39 is 5.79 Å². The summed E-state index contributed by atoms with van der Waals surface area (Å²) in [6.07, 6.45) is 8.62. The van der Waals surface area contributed by atoms with Gasteiger partial charge in [0.05, 0.1) is 0 Å². The largest absolute Gasteiger partial charge is 0.445 e. The molecule has 22 heavy (non-hydrogen) atoms. The highest BCUT2D eigenvalue weighted by atomic mass is 16.7. The molecule has 0 aliphatic heterocycles. The monoisotopic (exact) mass is 294 g/mol. The van der Waals surface area contributed by atoms with Crippen LogP contribution in [0.3, 0.4) is 0 Å². The highest BCUT2D eigenvalue weighted by Gasteiger charge is 2.30. The molecular formula is C18H18N2O2. The Morgan fingerprint density at radius 2 is 1.27 bits per heavy atom. The van der Waals surface area contributed by atoms with Crippen LogP contribution in [-0.2, 0) is 0 Å². The molecule has 2 aromatic rings. The maximum absolute atomic E-state index is 6.05. The molecule has 0 radical (unpaired) electrons. The van der Waals surface area contributed by atoms with Crippen LogP contribution in [0.5, 0.6) is 11.5 Å². The minimum atomic E-state index is -1.00. The summed E-state index contributed by atoms with van der Waals surface area (Å²) in [6, 6.07) is 14.5. The number of nitrogen functional groups attached to an aromatic ring is 2. The molecule has 0 fully saturated rings. The number of hydrogen-bond acceptors (Lipinski definition) is 4. The van der Waals surface area contributed by atoms with Gasteiger partial charge in [-0.25, -0.2) is 0 Å². The molecule has 0 atom stereocenters. The van der Waals surface area contributed by atoms with E-state index >= 15 is 0 Å². The van der Waals surface area contributed by atoms with Crippen molar-refractivity contribution >= 4 is 11.4 Å². The number of allylic oxidation sites excluding steroid dienone is 2. The molecule has 1 aliphatic carbocycles. The van der Waals surface area contributed by atoms with Gasteiger partial charge in [-0.2, -0.15) is 0 Å². The van der Waals surface area contributed by atoms with E-state index in [9.17, 15) is 0 Å². The zero-order chi connectivity index (χ0) is 15.4. The van der Waals surface area contributed by atoms with Crippen LogP contribution in [0.15, 0.2) is 72.8 Å². The highest BCUT2D eigenvalue weighted by molar-refractivity contribution is 5.46. The van der Waals surface area contributed by atoms with Crippen LogP contribution in [0.25, 0.3) is 0 Å². The molecule has 4 N–H and O–H groups in total. The van der Waals surface area contributed by atoms with Gasteiger partial charge in [0.25, 0.3) is 5.79 Å². The number of rotatable bonds is 4. The molecule has 0 unspecified atom stereocenters. The predicted molar refractivity (Wildman–Crippen MR) is 88.6 cm³/mol. The number of ether oxygens (including phenoxy) is 2. The second-order valence-corrected chi connectivity index (χ2v) is 5.11. The second kappa shape index (κ2) is 5.85. The molecule has 0 amide bonds. The van der Waals surface area contributed by atoms with Crippen molar-refractivity contribution in [1.29, 1.82) is 0 Å². The summed E-state index contributed by atoms with van der Waals surface area (Å²) in [7, 11) is 0. The second-order valence-electron chi connectivity index (χ2n) is 5.11. The van der Waals surface area contributed by atoms with Crippen LogP contribution in [0.2, 0.25) is 0 Å². The summed E-state index contributed by atoms with van der Waals surface area (Å²) >= 11 is 0. The first-order valence-electron chi connectivity index (χ1n) is 7.10. The number of hydrogen-bond donors (Lipinski definition) is 2. The van der Waals surface area contributed by atoms with Crippen molar-refractivity contribution in [2.24, 2.45) is 0 Å². The van der Waals surface area contributed by atoms with Crippen molar-refractivity contribution in [1.82, 2.24) is 0 Å². The lowest BCUT2D eigenvalue weighted by Crippen LogP contribution is -2.39. The molecule has 0 aromatic heterocycles. The molecule has 4 nitrogen and oxygen atoms in total. The van der Waals surface area contributed by atoms with Crippen molar-refractivity contribution < 1.29 is 9.47 Å². The Morgan fingerprint density at radius 3 is 1.73 bits per heavy atom. The Morgan fingerprint density at radius 1 is 0.773 bits per heavy atom. The number of benzene rings is 2. The third-order valence-corrected chi connectivity index (χ3v) is 3.24. The third-order valence-electron chi connectivity index (χ3n) is 3.24. The first kappa shape index (κ1) is 14.1. The third kappa shape index (κ3) is 3.23. The standard InChI is InChI=1S/C18H18N2O2/c19-14-6-4-8-16(12-14)21-18(10-2-1-3-11-18)22-17-9-5-7-15(20)13-17/h2-13H,1,19-20H2. The summed E-state index contributed by atoms with van der Waals surface area (Å²) in [4.78, 5) is 0. The van der Waals surface area contributed by atoms with Crippen molar-refractivity contribution in [2.45, 2.75) is 12.2 Å². The summed E-state index contributed by atoms with van der Waals surface area (Å²) in [6.45, 7) is 0. The minimum Gasteiger partial charge on any atom is -0.445 e. The van der Waals surface area contributed by atoms with Gasteiger partial charge < -0.3 is 20.9 Å². The van der Waals surface area contributed by atoms with E-state index in [0.29, 0.717) is 22.9 Å². The van der Waals surface area contributed by atoms with E-state index in [1.165, 1.54) is 0 Å². The van der Waals surface area contributed by atoms with Gasteiger partial charge >= 0.3 is 0 Å². The maximum atomic E-state index is 6.05. The molecule has 0 saturated carbocycles. The van der Waals surface area contributed by atoms with Crippen molar-refractivity contribution in [3.8, 4) is 11.5 Å². The molecule has 1 aliphatic rings. The zero-order valence-corrected chi connectivity index (χ0v) is 12.1. The summed E-state index contributed by atoms with van der Waals surface area (Å²) < 4.78 is 12.1. The van der Waals surface area contributed by atoms with Crippen LogP contribution in [0, 0.1) is 0 Å². The number of anilines is 2. The fourth-order valence-electron chi connectivity index (χ4n) is 2.28. The average Bonchev–Trinajstić information content (AvgIpc) is 2.48. The number of nitrogens with two attached hydrogens (primary N) is 2. The van der Waals surface area contributed by atoms with Crippen LogP contribution < -0.4 is 20.9 Å². The fraction of sp³-hybridized carbons (Fsp3) is 0.111. The fourth-order valence-corrected chi connectivity index (χ4v) is 2.28. The van der Waals surface area contributed by atoms with E-state index in [1.807, 2.05) is 60.7 Å². The summed E-state index contributed by atoms with van der Waals surface area (Å²) in [5, 5.41) is 0. The lowest BCUT2D eigenvalue weighted by molar-refractivity contribution is -0.0287. The Bertz CT molecular complexity index is 661. The van der Waals surface area contributed by atoms with Crippen LogP contribution >= 0.6 is 0 Å². The van der Waals surface area contributed by atoms with Gasteiger partial charge in [-0.15, -0.1) is 0 Å². The Hall–Kier alpha value is -2.88. The Labute approximate surface area is 129 Å².